The summed E-state index contributed by atoms with van der Waals surface area (Å²) in [5, 5.41) is 30.5. The lowest BCUT2D eigenvalue weighted by Gasteiger charge is -2.39. The van der Waals surface area contributed by atoms with E-state index in [1.54, 1.807) is 0 Å². The van der Waals surface area contributed by atoms with Crippen LogP contribution >= 0.6 is 8.25 Å². The van der Waals surface area contributed by atoms with Gasteiger partial charge in [-0.2, -0.15) is 0 Å². The van der Waals surface area contributed by atoms with Crippen LogP contribution in [0.25, 0.3) is 0 Å². The van der Waals surface area contributed by atoms with E-state index < -0.39 is 51.4 Å². The molecule has 1 fully saturated rings. The Kier molecular flexibility index (Phi) is 5.54. The highest BCUT2D eigenvalue weighted by Gasteiger charge is 2.48. The van der Waals surface area contributed by atoms with Crippen molar-refractivity contribution in [3.8, 4) is 0 Å². The molecule has 0 aliphatic carbocycles. The predicted octanol–water partition coefficient (Wildman–Crippen LogP) is -2.40. The monoisotopic (exact) mass is 284 g/mol. The molecule has 1 aliphatic heterocycles. The zero-order chi connectivity index (χ0) is 13.9. The van der Waals surface area contributed by atoms with E-state index in [9.17, 15) is 19.6 Å². The lowest BCUT2D eigenvalue weighted by Crippen LogP contribution is -2.64. The van der Waals surface area contributed by atoms with Crippen molar-refractivity contribution < 1.29 is 38.8 Å². The Hall–Kier alpha value is -0.670. The van der Waals surface area contributed by atoms with Crippen molar-refractivity contribution in [2.45, 2.75) is 37.6 Å². The fourth-order valence-electron chi connectivity index (χ4n) is 1.65. The molecule has 0 saturated carbocycles. The van der Waals surface area contributed by atoms with Crippen molar-refractivity contribution in [1.82, 2.24) is 5.32 Å². The molecule has 5 N–H and O–H groups in total. The van der Waals surface area contributed by atoms with E-state index in [0.717, 1.165) is 6.92 Å². The van der Waals surface area contributed by atoms with Gasteiger partial charge in [0.2, 0.25) is 12.2 Å². The number of hydrogen-bond donors (Lipinski definition) is 5. The Balaban J connectivity index is 2.86. The normalized spacial score (nSPS) is 37.2. The van der Waals surface area contributed by atoms with E-state index >= 15 is 0 Å². The van der Waals surface area contributed by atoms with Crippen LogP contribution in [0.2, 0.25) is 0 Å². The molecular formula is C8H15NO8P+. The number of amides is 1. The average Bonchev–Trinajstić information content (AvgIpc) is 2.27. The molecule has 0 aromatic heterocycles. The molecular weight excluding hydrogens is 269 g/mol. The van der Waals surface area contributed by atoms with Gasteiger partial charge < -0.3 is 25.4 Å². The summed E-state index contributed by atoms with van der Waals surface area (Å²) in [6.45, 7) is 0.542. The fraction of sp³-hybridized carbons (Fsp3) is 0.875. The Bertz CT molecular complexity index is 326. The quantitative estimate of drug-likeness (QED) is 0.359. The van der Waals surface area contributed by atoms with Crippen molar-refractivity contribution in [2.75, 3.05) is 6.61 Å². The predicted molar refractivity (Wildman–Crippen MR) is 56.3 cm³/mol. The second kappa shape index (κ2) is 6.48. The Labute approximate surface area is 103 Å². The van der Waals surface area contributed by atoms with Crippen LogP contribution in [-0.4, -0.2) is 63.4 Å². The topological polar surface area (TPSA) is 146 Å². The Morgan fingerprint density at radius 3 is 2.50 bits per heavy atom. The first-order chi connectivity index (χ1) is 8.36. The molecule has 2 unspecified atom stereocenters. The zero-order valence-corrected chi connectivity index (χ0v) is 10.4. The van der Waals surface area contributed by atoms with Crippen LogP contribution in [0.1, 0.15) is 6.92 Å². The summed E-state index contributed by atoms with van der Waals surface area (Å²) < 4.78 is 20.1. The standard InChI is InChI=1S/C8H14NO8P/c1-3(11)9-5-7(13)6(12)4(2-10)16-8(5)17-18(14)15/h4-8,10,12-13H,2H2,1H3,(H-,9,11,14,15)/p+1/t4-,5-,6-,7-,8?/m1/s1. The van der Waals surface area contributed by atoms with E-state index in [2.05, 4.69) is 9.84 Å². The lowest BCUT2D eigenvalue weighted by atomic mass is 9.97. The summed E-state index contributed by atoms with van der Waals surface area (Å²) >= 11 is 0. The molecule has 104 valence electrons. The zero-order valence-electron chi connectivity index (χ0n) is 9.46. The van der Waals surface area contributed by atoms with Crippen molar-refractivity contribution >= 4 is 14.2 Å². The molecule has 6 atom stereocenters. The molecule has 0 aromatic carbocycles. The van der Waals surface area contributed by atoms with Crippen molar-refractivity contribution in [2.24, 2.45) is 0 Å². The number of carbonyl (C=O) groups is 1. The summed E-state index contributed by atoms with van der Waals surface area (Å²) in [5.74, 6) is -0.543. The second-order valence-corrected chi connectivity index (χ2v) is 4.46. The maximum Gasteiger partial charge on any atom is 0.697 e. The minimum absolute atomic E-state index is 0.543. The highest BCUT2D eigenvalue weighted by Crippen LogP contribution is 2.28. The van der Waals surface area contributed by atoms with E-state index in [1.807, 2.05) is 0 Å². The maximum absolute atomic E-state index is 10.9. The van der Waals surface area contributed by atoms with Gasteiger partial charge in [0.1, 0.15) is 24.4 Å². The van der Waals surface area contributed by atoms with Gasteiger partial charge in [0, 0.05) is 11.5 Å². The van der Waals surface area contributed by atoms with Gasteiger partial charge >= 0.3 is 8.25 Å². The van der Waals surface area contributed by atoms with E-state index in [4.69, 9.17) is 14.7 Å². The SMILES string of the molecule is CC(=O)N[C@H]1C(O[P+](=O)O)O[C@H](CO)[C@@H](O)[C@@H]1O. The number of carbonyl (C=O) groups excluding carboxylic acids is 1. The van der Waals surface area contributed by atoms with Gasteiger partial charge in [0.25, 0.3) is 0 Å². The van der Waals surface area contributed by atoms with Crippen LogP contribution in [0.5, 0.6) is 0 Å². The fourth-order valence-corrected chi connectivity index (χ4v) is 2.01. The third kappa shape index (κ3) is 3.66. The van der Waals surface area contributed by atoms with Gasteiger partial charge in [-0.15, -0.1) is 4.89 Å². The largest absolute Gasteiger partial charge is 0.697 e. The average molecular weight is 284 g/mol. The molecule has 18 heavy (non-hydrogen) atoms. The minimum atomic E-state index is -3.03. The van der Waals surface area contributed by atoms with Crippen molar-refractivity contribution in [1.29, 1.82) is 0 Å². The maximum atomic E-state index is 10.9. The molecule has 1 amide bonds. The van der Waals surface area contributed by atoms with Gasteiger partial charge in [-0.25, -0.2) is 0 Å². The number of hydrogen-bond acceptors (Lipinski definition) is 7. The van der Waals surface area contributed by atoms with Crippen molar-refractivity contribution in [3.63, 3.8) is 0 Å². The summed E-state index contributed by atoms with van der Waals surface area (Å²) in [6.07, 6.45) is -5.58. The smallest absolute Gasteiger partial charge is 0.394 e. The highest BCUT2D eigenvalue weighted by atomic mass is 31.1. The molecule has 1 aliphatic rings. The van der Waals surface area contributed by atoms with Crippen molar-refractivity contribution in [3.05, 3.63) is 0 Å². The molecule has 1 rings (SSSR count). The van der Waals surface area contributed by atoms with E-state index in [0.29, 0.717) is 0 Å². The molecule has 10 heteroatoms. The number of aliphatic hydroxyl groups excluding tert-OH is 3. The van der Waals surface area contributed by atoms with Gasteiger partial charge in [0.15, 0.2) is 0 Å². The van der Waals surface area contributed by atoms with Gasteiger partial charge in [0.05, 0.1) is 6.61 Å². The van der Waals surface area contributed by atoms with Crippen LogP contribution in [0, 0.1) is 0 Å². The number of rotatable bonds is 4. The lowest BCUT2D eigenvalue weighted by molar-refractivity contribution is -0.244. The molecule has 9 nitrogen and oxygen atoms in total. The second-order valence-electron chi connectivity index (χ2n) is 3.78. The minimum Gasteiger partial charge on any atom is -0.394 e. The first-order valence-corrected chi connectivity index (χ1v) is 6.22. The van der Waals surface area contributed by atoms with Crippen LogP contribution in [0.3, 0.4) is 0 Å². The first-order valence-electron chi connectivity index (χ1n) is 5.09. The highest BCUT2D eigenvalue weighted by molar-refractivity contribution is 7.32. The molecule has 0 aromatic rings. The van der Waals surface area contributed by atoms with Crippen LogP contribution < -0.4 is 5.32 Å². The number of nitrogens with one attached hydrogen (secondary N) is 1. The third-order valence-electron chi connectivity index (χ3n) is 2.44. The van der Waals surface area contributed by atoms with E-state index in [-0.39, 0.29) is 0 Å². The summed E-state index contributed by atoms with van der Waals surface area (Å²) in [7, 11) is -3.03. The molecule has 0 bridgehead atoms. The molecule has 0 spiro atoms. The number of ether oxygens (including phenoxy) is 1. The molecule has 0 radical (unpaired) electrons. The van der Waals surface area contributed by atoms with E-state index in [1.165, 1.54) is 0 Å². The number of aliphatic hydroxyl groups is 3. The summed E-state index contributed by atoms with van der Waals surface area (Å²) in [5.41, 5.74) is 0. The Morgan fingerprint density at radius 1 is 1.44 bits per heavy atom. The molecule has 1 heterocycles. The van der Waals surface area contributed by atoms with Gasteiger partial charge in [-0.1, -0.05) is 4.52 Å². The van der Waals surface area contributed by atoms with Gasteiger partial charge in [-0.05, 0) is 0 Å². The molecule has 1 saturated heterocycles. The van der Waals surface area contributed by atoms with Crippen LogP contribution in [0.15, 0.2) is 0 Å². The summed E-state index contributed by atoms with van der Waals surface area (Å²) in [6, 6.07) is -1.22. The van der Waals surface area contributed by atoms with Crippen LogP contribution in [0.4, 0.5) is 0 Å². The van der Waals surface area contributed by atoms with Gasteiger partial charge in [-0.3, -0.25) is 4.79 Å². The van der Waals surface area contributed by atoms with Crippen LogP contribution in [-0.2, 0) is 18.6 Å². The first kappa shape index (κ1) is 15.4. The Morgan fingerprint density at radius 2 is 2.06 bits per heavy atom. The third-order valence-corrected chi connectivity index (χ3v) is 2.83. The summed E-state index contributed by atoms with van der Waals surface area (Å²) in [4.78, 5) is 19.6.